The molecule has 0 saturated carbocycles. The Bertz CT molecular complexity index is 764. The minimum Gasteiger partial charge on any atom is -0.370 e. The van der Waals surface area contributed by atoms with Crippen molar-refractivity contribution >= 4 is 28.9 Å². The first kappa shape index (κ1) is 13.3. The Labute approximate surface area is 124 Å². The zero-order chi connectivity index (χ0) is 14.5. The lowest BCUT2D eigenvalue weighted by molar-refractivity contribution is 1.12. The monoisotopic (exact) mass is 275 g/mol. The van der Waals surface area contributed by atoms with Crippen molar-refractivity contribution in [2.24, 2.45) is 0 Å². The number of rotatable bonds is 4. The fourth-order valence-corrected chi connectivity index (χ4v) is 2.21. The average molecular weight is 275 g/mol. The summed E-state index contributed by atoms with van der Waals surface area (Å²) in [5.74, 6) is 1.60. The second kappa shape index (κ2) is 6.18. The maximum atomic E-state index is 4.60. The highest BCUT2D eigenvalue weighted by Gasteiger charge is 2.04. The second-order valence-electron chi connectivity index (χ2n) is 4.72. The van der Waals surface area contributed by atoms with Gasteiger partial charge in [-0.2, -0.15) is 0 Å². The summed E-state index contributed by atoms with van der Waals surface area (Å²) >= 11 is 0. The quantitative estimate of drug-likeness (QED) is 0.774. The third-order valence-corrected chi connectivity index (χ3v) is 3.19. The van der Waals surface area contributed by atoms with Crippen LogP contribution in [0.3, 0.4) is 0 Å². The smallest absolute Gasteiger partial charge is 0.154 e. The van der Waals surface area contributed by atoms with E-state index in [4.69, 9.17) is 0 Å². The van der Waals surface area contributed by atoms with Gasteiger partial charge in [0.1, 0.15) is 5.82 Å². The molecule has 0 spiro atoms. The first-order valence-electron chi connectivity index (χ1n) is 7.10. The van der Waals surface area contributed by atoms with Gasteiger partial charge in [0.15, 0.2) is 5.82 Å². The maximum absolute atomic E-state index is 4.60. The van der Waals surface area contributed by atoms with Gasteiger partial charge in [-0.15, -0.1) is 0 Å². The van der Waals surface area contributed by atoms with E-state index in [1.165, 1.54) is 0 Å². The molecule has 21 heavy (non-hydrogen) atoms. The Hall–Kier alpha value is -2.68. The molecule has 1 N–H and O–H groups in total. The zero-order valence-electron chi connectivity index (χ0n) is 12.0. The topological polar surface area (TPSA) is 37.8 Å². The van der Waals surface area contributed by atoms with E-state index in [1.54, 1.807) is 0 Å². The SMILES string of the molecule is CCNc1nc(C=Cc2ccccc2)nc2ccccc12. The molecule has 0 aliphatic rings. The number of aromatic nitrogens is 2. The normalized spacial score (nSPS) is 11.1. The molecule has 2 aromatic carbocycles. The summed E-state index contributed by atoms with van der Waals surface area (Å²) in [6.07, 6.45) is 3.97. The predicted octanol–water partition coefficient (Wildman–Crippen LogP) is 4.23. The molecule has 3 rings (SSSR count). The number of fused-ring (bicyclic) bond motifs is 1. The lowest BCUT2D eigenvalue weighted by Crippen LogP contribution is -2.02. The third-order valence-electron chi connectivity index (χ3n) is 3.19. The van der Waals surface area contributed by atoms with Crippen molar-refractivity contribution in [2.45, 2.75) is 6.92 Å². The molecule has 1 heterocycles. The number of para-hydroxylation sites is 1. The number of nitrogens with zero attached hydrogens (tertiary/aromatic N) is 2. The van der Waals surface area contributed by atoms with Crippen LogP contribution in [0.1, 0.15) is 18.3 Å². The molecular formula is C18H17N3. The highest BCUT2D eigenvalue weighted by Crippen LogP contribution is 2.20. The molecular weight excluding hydrogens is 258 g/mol. The van der Waals surface area contributed by atoms with Crippen LogP contribution in [0.25, 0.3) is 23.1 Å². The summed E-state index contributed by atoms with van der Waals surface area (Å²) in [4.78, 5) is 9.19. The molecule has 0 atom stereocenters. The summed E-state index contributed by atoms with van der Waals surface area (Å²) in [5.41, 5.74) is 2.09. The van der Waals surface area contributed by atoms with Crippen molar-refractivity contribution in [3.05, 3.63) is 66.0 Å². The fraction of sp³-hybridized carbons (Fsp3) is 0.111. The van der Waals surface area contributed by atoms with Crippen LogP contribution in [0.2, 0.25) is 0 Å². The number of nitrogens with one attached hydrogen (secondary N) is 1. The van der Waals surface area contributed by atoms with Crippen LogP contribution in [-0.4, -0.2) is 16.5 Å². The summed E-state index contributed by atoms with van der Waals surface area (Å²) in [7, 11) is 0. The van der Waals surface area contributed by atoms with Gasteiger partial charge in [-0.25, -0.2) is 9.97 Å². The van der Waals surface area contributed by atoms with Gasteiger partial charge in [0.2, 0.25) is 0 Å². The largest absolute Gasteiger partial charge is 0.370 e. The predicted molar refractivity (Wildman–Crippen MR) is 89.1 cm³/mol. The zero-order valence-corrected chi connectivity index (χ0v) is 12.0. The van der Waals surface area contributed by atoms with Gasteiger partial charge < -0.3 is 5.32 Å². The van der Waals surface area contributed by atoms with E-state index in [9.17, 15) is 0 Å². The van der Waals surface area contributed by atoms with Gasteiger partial charge in [0.25, 0.3) is 0 Å². The van der Waals surface area contributed by atoms with Crippen molar-refractivity contribution in [1.29, 1.82) is 0 Å². The van der Waals surface area contributed by atoms with Crippen LogP contribution in [-0.2, 0) is 0 Å². The molecule has 1 aromatic heterocycles. The summed E-state index contributed by atoms with van der Waals surface area (Å²) in [6, 6.07) is 18.2. The Balaban J connectivity index is 2.01. The van der Waals surface area contributed by atoms with E-state index in [-0.39, 0.29) is 0 Å². The first-order valence-corrected chi connectivity index (χ1v) is 7.10. The summed E-state index contributed by atoms with van der Waals surface area (Å²) < 4.78 is 0. The van der Waals surface area contributed by atoms with Gasteiger partial charge in [-0.3, -0.25) is 0 Å². The maximum Gasteiger partial charge on any atom is 0.154 e. The molecule has 3 heteroatoms. The first-order chi connectivity index (χ1) is 10.4. The van der Waals surface area contributed by atoms with E-state index >= 15 is 0 Å². The van der Waals surface area contributed by atoms with Crippen LogP contribution in [0, 0.1) is 0 Å². The molecule has 0 fully saturated rings. The highest BCUT2D eigenvalue weighted by molar-refractivity contribution is 5.90. The summed E-state index contributed by atoms with van der Waals surface area (Å²) in [6.45, 7) is 2.90. The number of benzene rings is 2. The van der Waals surface area contributed by atoms with E-state index in [1.807, 2.05) is 54.6 Å². The van der Waals surface area contributed by atoms with Gasteiger partial charge in [0.05, 0.1) is 5.52 Å². The highest BCUT2D eigenvalue weighted by atomic mass is 15.0. The molecule has 0 aliphatic carbocycles. The molecule has 0 saturated heterocycles. The average Bonchev–Trinajstić information content (AvgIpc) is 2.54. The Morgan fingerprint density at radius 3 is 2.48 bits per heavy atom. The van der Waals surface area contributed by atoms with Crippen LogP contribution in [0.15, 0.2) is 54.6 Å². The molecule has 0 aliphatic heterocycles. The van der Waals surface area contributed by atoms with E-state index in [0.29, 0.717) is 5.82 Å². The van der Waals surface area contributed by atoms with Crippen LogP contribution in [0.5, 0.6) is 0 Å². The molecule has 0 bridgehead atoms. The van der Waals surface area contributed by atoms with Crippen LogP contribution in [0.4, 0.5) is 5.82 Å². The molecule has 0 radical (unpaired) electrons. The van der Waals surface area contributed by atoms with Gasteiger partial charge in [-0.05, 0) is 30.7 Å². The molecule has 0 amide bonds. The number of hydrogen-bond acceptors (Lipinski definition) is 3. The Morgan fingerprint density at radius 2 is 1.67 bits per heavy atom. The molecule has 104 valence electrons. The van der Waals surface area contributed by atoms with Gasteiger partial charge >= 0.3 is 0 Å². The fourth-order valence-electron chi connectivity index (χ4n) is 2.21. The Morgan fingerprint density at radius 1 is 0.905 bits per heavy atom. The minimum absolute atomic E-state index is 0.716. The minimum atomic E-state index is 0.716. The molecule has 3 nitrogen and oxygen atoms in total. The standard InChI is InChI=1S/C18H17N3/c1-2-19-18-15-10-6-7-11-16(15)20-17(21-18)13-12-14-8-4-3-5-9-14/h3-13H,2H2,1H3,(H,19,20,21). The van der Waals surface area contributed by atoms with E-state index < -0.39 is 0 Å². The van der Waals surface area contributed by atoms with Gasteiger partial charge in [0, 0.05) is 11.9 Å². The van der Waals surface area contributed by atoms with Gasteiger partial charge in [-0.1, -0.05) is 48.5 Å². The van der Waals surface area contributed by atoms with Crippen molar-refractivity contribution in [3.8, 4) is 0 Å². The van der Waals surface area contributed by atoms with Crippen molar-refractivity contribution in [2.75, 3.05) is 11.9 Å². The molecule has 3 aromatic rings. The summed E-state index contributed by atoms with van der Waals surface area (Å²) in [5, 5.41) is 4.36. The lowest BCUT2D eigenvalue weighted by Gasteiger charge is -2.07. The van der Waals surface area contributed by atoms with Crippen molar-refractivity contribution in [1.82, 2.24) is 9.97 Å². The van der Waals surface area contributed by atoms with E-state index in [2.05, 4.69) is 34.3 Å². The third kappa shape index (κ3) is 3.08. The Kier molecular flexibility index (Phi) is 3.92. The van der Waals surface area contributed by atoms with Crippen molar-refractivity contribution in [3.63, 3.8) is 0 Å². The van der Waals surface area contributed by atoms with E-state index in [0.717, 1.165) is 28.8 Å². The number of hydrogen-bond donors (Lipinski definition) is 1. The van der Waals surface area contributed by atoms with Crippen LogP contribution < -0.4 is 5.32 Å². The van der Waals surface area contributed by atoms with Crippen molar-refractivity contribution < 1.29 is 0 Å². The molecule has 0 unspecified atom stereocenters. The second-order valence-corrected chi connectivity index (χ2v) is 4.72. The lowest BCUT2D eigenvalue weighted by atomic mass is 10.2. The van der Waals surface area contributed by atoms with Crippen LogP contribution >= 0.6 is 0 Å². The number of anilines is 1.